The minimum Gasteiger partial charge on any atom is -0.391 e. The van der Waals surface area contributed by atoms with Gasteiger partial charge in [0.05, 0.1) is 46.9 Å². The van der Waals surface area contributed by atoms with Gasteiger partial charge in [0.1, 0.15) is 29.0 Å². The number of thiazole rings is 1. The van der Waals surface area contributed by atoms with Crippen molar-refractivity contribution in [2.45, 2.75) is 117 Å². The second-order valence-corrected chi connectivity index (χ2v) is 23.4. The van der Waals surface area contributed by atoms with Crippen molar-refractivity contribution in [3.8, 4) is 15.4 Å². The third-order valence-electron chi connectivity index (χ3n) is 14.9. The van der Waals surface area contributed by atoms with E-state index in [1.807, 2.05) is 100 Å². The van der Waals surface area contributed by atoms with E-state index in [9.17, 15) is 24.3 Å². The van der Waals surface area contributed by atoms with Crippen molar-refractivity contribution >= 4 is 63.6 Å². The third kappa shape index (κ3) is 10.8. The standard InChI is InChI=1S/C53H66ClN11O5S2/c1-30-33(4)72-52-45(30)46(36-13-15-38(54)16-14-36)57-41(49-60-59-34(5)65(49)52)26-44(68)63-19-17-39(18-20-63)62-23-21-61(22-24-62)28-43(67)58-48(53(6,7)8)51(70)64-27-40(66)25-42(64)50(69)56-31(2)35-9-11-37(12-10-35)47-32(3)55-29-71-47/h9-16,29,31,39-42,48,66H,17-28H2,1-8H3,(H,56,69)(H,58,67)/t31-,40+,41-,42-,48+/m0/s1. The Labute approximate surface area is 434 Å². The fourth-order valence-corrected chi connectivity index (χ4v) is 12.8. The van der Waals surface area contributed by atoms with Gasteiger partial charge in [0, 0.05) is 79.3 Å². The van der Waals surface area contributed by atoms with E-state index in [1.54, 1.807) is 22.7 Å². The van der Waals surface area contributed by atoms with Crippen LogP contribution in [0.3, 0.4) is 0 Å². The van der Waals surface area contributed by atoms with E-state index >= 15 is 0 Å². The molecule has 4 aliphatic rings. The lowest BCUT2D eigenvalue weighted by molar-refractivity contribution is -0.144. The van der Waals surface area contributed by atoms with Crippen molar-refractivity contribution in [3.63, 3.8) is 0 Å². The molecule has 5 aromatic rings. The van der Waals surface area contributed by atoms with E-state index in [0.717, 1.165) is 80.9 Å². The lowest BCUT2D eigenvalue weighted by atomic mass is 9.85. The molecule has 0 spiro atoms. The molecule has 9 rings (SSSR count). The third-order valence-corrected chi connectivity index (χ3v) is 17.3. The van der Waals surface area contributed by atoms with Crippen LogP contribution in [0, 0.1) is 33.1 Å². The average molecular weight is 1040 g/mol. The topological polar surface area (TPSA) is 181 Å². The molecule has 2 aromatic carbocycles. The SMILES string of the molecule is Cc1ncsc1-c1ccc([C@H](C)NC(=O)[C@@H]2C[C@@H](O)CN2C(=O)[C@@H](NC(=O)CN2CCN(C3CCN(C(=O)C[C@@H]4N=C(c5ccc(Cl)cc5)c5c(sc(C)c5C)-n5c(C)nnc54)CC3)CC2)C(C)(C)C)cc1. The van der Waals surface area contributed by atoms with Gasteiger partial charge in [-0.2, -0.15) is 0 Å². The predicted octanol–water partition coefficient (Wildman–Crippen LogP) is 6.60. The quantitative estimate of drug-likeness (QED) is 0.123. The summed E-state index contributed by atoms with van der Waals surface area (Å²) in [7, 11) is 0. The summed E-state index contributed by atoms with van der Waals surface area (Å²) in [5, 5.41) is 27.6. The second-order valence-electron chi connectivity index (χ2n) is 20.9. The van der Waals surface area contributed by atoms with Crippen molar-refractivity contribution in [2.75, 3.05) is 52.4 Å². The number of amides is 4. The number of rotatable bonds is 12. The first-order valence-electron chi connectivity index (χ1n) is 25.0. The molecule has 0 bridgehead atoms. The Bertz CT molecular complexity index is 2840. The molecule has 3 fully saturated rings. The molecule has 0 radical (unpaired) electrons. The molecule has 4 amide bonds. The zero-order chi connectivity index (χ0) is 51.2. The van der Waals surface area contributed by atoms with E-state index in [4.69, 9.17) is 16.6 Å². The number of β-amino-alcohol motifs (C(OH)–C–C–N with tert-alkyl or cyclic N) is 1. The summed E-state index contributed by atoms with van der Waals surface area (Å²) in [5.74, 6) is 0.473. The number of piperidine rings is 1. The molecule has 0 saturated carbocycles. The summed E-state index contributed by atoms with van der Waals surface area (Å²) in [6.45, 7) is 20.1. The molecule has 7 heterocycles. The molecule has 4 aliphatic heterocycles. The van der Waals surface area contributed by atoms with Gasteiger partial charge >= 0.3 is 0 Å². The maximum Gasteiger partial charge on any atom is 0.246 e. The van der Waals surface area contributed by atoms with Crippen LogP contribution in [0.1, 0.15) is 110 Å². The van der Waals surface area contributed by atoms with Gasteiger partial charge in [0.15, 0.2) is 5.82 Å². The number of carbonyl (C=O) groups excluding carboxylic acids is 4. The second kappa shape index (κ2) is 21.2. The van der Waals surface area contributed by atoms with Crippen molar-refractivity contribution in [2.24, 2.45) is 10.4 Å². The number of halogens is 1. The van der Waals surface area contributed by atoms with Crippen molar-refractivity contribution in [1.82, 2.24) is 50.0 Å². The van der Waals surface area contributed by atoms with Gasteiger partial charge in [0.25, 0.3) is 0 Å². The van der Waals surface area contributed by atoms with E-state index in [2.05, 4.69) is 54.0 Å². The highest BCUT2D eigenvalue weighted by atomic mass is 35.5. The van der Waals surface area contributed by atoms with Gasteiger partial charge in [-0.05, 0) is 81.7 Å². The number of aliphatic hydroxyl groups is 1. The number of hydrogen-bond acceptors (Lipinski definition) is 13. The number of nitrogens with one attached hydrogen (secondary N) is 2. The van der Waals surface area contributed by atoms with Gasteiger partial charge in [-0.15, -0.1) is 32.9 Å². The number of likely N-dealkylation sites (tertiary alicyclic amines) is 2. The van der Waals surface area contributed by atoms with Crippen molar-refractivity contribution in [1.29, 1.82) is 0 Å². The molecule has 0 aliphatic carbocycles. The number of aryl methyl sites for hydroxylation is 3. The number of hydrogen-bond donors (Lipinski definition) is 3. The summed E-state index contributed by atoms with van der Waals surface area (Å²) in [6, 6.07) is 13.4. The molecule has 72 heavy (non-hydrogen) atoms. The number of aromatic nitrogens is 4. The highest BCUT2D eigenvalue weighted by Gasteiger charge is 2.45. The Morgan fingerprint density at radius 3 is 2.22 bits per heavy atom. The molecular formula is C53H66ClN11O5S2. The Morgan fingerprint density at radius 2 is 1.57 bits per heavy atom. The molecule has 3 saturated heterocycles. The van der Waals surface area contributed by atoms with Crippen LogP contribution in [0.2, 0.25) is 5.02 Å². The van der Waals surface area contributed by atoms with E-state index in [-0.39, 0.29) is 55.6 Å². The zero-order valence-electron chi connectivity index (χ0n) is 42.4. The molecule has 3 N–H and O–H groups in total. The van der Waals surface area contributed by atoms with Gasteiger partial charge < -0.3 is 25.5 Å². The van der Waals surface area contributed by atoms with E-state index in [0.29, 0.717) is 43.1 Å². The highest BCUT2D eigenvalue weighted by Crippen LogP contribution is 2.40. The summed E-state index contributed by atoms with van der Waals surface area (Å²) in [6.07, 6.45) is 1.12. The molecular weight excluding hydrogens is 970 g/mol. The smallest absolute Gasteiger partial charge is 0.246 e. The average Bonchev–Trinajstić information content (AvgIpc) is 4.13. The first-order valence-corrected chi connectivity index (χ1v) is 27.1. The molecule has 382 valence electrons. The number of benzene rings is 2. The Hall–Kier alpha value is -5.37. The van der Waals surface area contributed by atoms with Crippen LogP contribution in [-0.4, -0.2) is 150 Å². The molecule has 5 atom stereocenters. The van der Waals surface area contributed by atoms with Gasteiger partial charge in [-0.1, -0.05) is 68.8 Å². The van der Waals surface area contributed by atoms with Crippen molar-refractivity contribution < 1.29 is 24.3 Å². The van der Waals surface area contributed by atoms with Crippen LogP contribution in [-0.2, 0) is 19.2 Å². The number of thiophene rings is 1. The van der Waals surface area contributed by atoms with Gasteiger partial charge in [-0.3, -0.25) is 38.5 Å². The molecule has 3 aromatic heterocycles. The normalized spacial score (nSPS) is 20.9. The van der Waals surface area contributed by atoms with Crippen molar-refractivity contribution in [3.05, 3.63) is 104 Å². The number of piperazine rings is 1. The molecule has 16 nitrogen and oxygen atoms in total. The predicted molar refractivity (Wildman–Crippen MR) is 282 cm³/mol. The fraction of sp³-hybridized carbons (Fsp3) is 0.509. The summed E-state index contributed by atoms with van der Waals surface area (Å²) in [5.41, 5.74) is 8.04. The lowest BCUT2D eigenvalue weighted by Crippen LogP contribution is -2.59. The minimum atomic E-state index is -0.913. The monoisotopic (exact) mass is 1040 g/mol. The molecule has 19 heteroatoms. The lowest BCUT2D eigenvalue weighted by Gasteiger charge is -2.43. The van der Waals surface area contributed by atoms with E-state index < -0.39 is 29.6 Å². The maximum atomic E-state index is 14.3. The van der Waals surface area contributed by atoms with E-state index in [1.165, 1.54) is 9.78 Å². The van der Waals surface area contributed by atoms with Gasteiger partial charge in [0.2, 0.25) is 23.6 Å². The molecule has 0 unspecified atom stereocenters. The fourth-order valence-electron chi connectivity index (χ4n) is 10.6. The first kappa shape index (κ1) is 51.5. The van der Waals surface area contributed by atoms with Crippen LogP contribution in [0.5, 0.6) is 0 Å². The zero-order valence-corrected chi connectivity index (χ0v) is 44.8. The van der Waals surface area contributed by atoms with Gasteiger partial charge in [-0.25, -0.2) is 4.98 Å². The van der Waals surface area contributed by atoms with Crippen LogP contribution in [0.25, 0.3) is 15.4 Å². The maximum absolute atomic E-state index is 14.3. The van der Waals surface area contributed by atoms with Crippen LogP contribution >= 0.6 is 34.3 Å². The number of aliphatic hydroxyl groups excluding tert-OH is 1. The first-order chi connectivity index (χ1) is 34.3. The Kier molecular flexibility index (Phi) is 15.2. The van der Waals surface area contributed by atoms with Crippen LogP contribution < -0.4 is 10.6 Å². The van der Waals surface area contributed by atoms with Crippen LogP contribution in [0.4, 0.5) is 0 Å². The largest absolute Gasteiger partial charge is 0.391 e. The summed E-state index contributed by atoms with van der Waals surface area (Å²) in [4.78, 5) is 76.0. The summed E-state index contributed by atoms with van der Waals surface area (Å²) >= 11 is 9.58. The number of aliphatic imine (C=N–C) groups is 1. The Balaban J connectivity index is 0.766. The minimum absolute atomic E-state index is 0.00638. The highest BCUT2D eigenvalue weighted by molar-refractivity contribution is 7.15. The summed E-state index contributed by atoms with van der Waals surface area (Å²) < 4.78 is 2.08. The number of nitrogens with zero attached hydrogens (tertiary/aromatic N) is 9. The number of carbonyl (C=O) groups is 4. The van der Waals surface area contributed by atoms with Crippen LogP contribution in [0.15, 0.2) is 59.0 Å². The number of fused-ring (bicyclic) bond motifs is 3. The Morgan fingerprint density at radius 1 is 0.889 bits per heavy atom.